The van der Waals surface area contributed by atoms with Crippen LogP contribution in [0.2, 0.25) is 5.02 Å². The maximum absolute atomic E-state index is 11.5. The first-order chi connectivity index (χ1) is 9.54. The second-order valence-electron chi connectivity index (χ2n) is 6.18. The third-order valence-electron chi connectivity index (χ3n) is 4.62. The van der Waals surface area contributed by atoms with Gasteiger partial charge in [-0.25, -0.2) is 0 Å². The lowest BCUT2D eigenvalue weighted by Gasteiger charge is -2.30. The molecule has 1 unspecified atom stereocenters. The lowest BCUT2D eigenvalue weighted by atomic mass is 9.80. The number of carbonyl (C=O) groups excluding carboxylic acids is 1. The van der Waals surface area contributed by atoms with Crippen LogP contribution in [0.25, 0.3) is 0 Å². The quantitative estimate of drug-likeness (QED) is 0.734. The minimum Gasteiger partial charge on any atom is -0.325 e. The molecular formula is C16H19BrClNO. The Hall–Kier alpha value is -0.540. The van der Waals surface area contributed by atoms with Crippen molar-refractivity contribution in [2.24, 2.45) is 11.8 Å². The number of fused-ring (bicyclic) bond motifs is 1. The van der Waals surface area contributed by atoms with Gasteiger partial charge in [-0.2, -0.15) is 0 Å². The number of halogens is 2. The zero-order chi connectivity index (χ0) is 14.3. The molecule has 108 valence electrons. The number of amides is 1. The van der Waals surface area contributed by atoms with Gasteiger partial charge in [0.2, 0.25) is 5.91 Å². The molecule has 0 radical (unpaired) electrons. The lowest BCUT2D eigenvalue weighted by Crippen LogP contribution is -2.16. The zero-order valence-corrected chi connectivity index (χ0v) is 13.9. The molecule has 1 heterocycles. The Kier molecular flexibility index (Phi) is 4.09. The van der Waals surface area contributed by atoms with Gasteiger partial charge in [-0.15, -0.1) is 0 Å². The Morgan fingerprint density at radius 1 is 1.30 bits per heavy atom. The maximum Gasteiger partial charge on any atom is 0.228 e. The molecular weight excluding hydrogens is 338 g/mol. The van der Waals surface area contributed by atoms with E-state index in [-0.39, 0.29) is 5.91 Å². The molecule has 1 aliphatic carbocycles. The van der Waals surface area contributed by atoms with E-state index in [1.54, 1.807) is 0 Å². The van der Waals surface area contributed by atoms with Crippen molar-refractivity contribution in [2.45, 2.75) is 43.9 Å². The van der Waals surface area contributed by atoms with Gasteiger partial charge in [0.1, 0.15) is 0 Å². The van der Waals surface area contributed by atoms with E-state index in [0.717, 1.165) is 27.8 Å². The molecule has 2 nitrogen and oxygen atoms in total. The molecule has 2 aliphatic rings. The summed E-state index contributed by atoms with van der Waals surface area (Å²) in [6, 6.07) is 4.00. The average Bonchev–Trinajstić information content (AvgIpc) is 2.77. The van der Waals surface area contributed by atoms with Crippen LogP contribution < -0.4 is 5.32 Å². The summed E-state index contributed by atoms with van der Waals surface area (Å²) in [6.07, 6.45) is 5.58. The van der Waals surface area contributed by atoms with Crippen LogP contribution in [-0.2, 0) is 11.2 Å². The van der Waals surface area contributed by atoms with Gasteiger partial charge < -0.3 is 5.32 Å². The molecule has 1 amide bonds. The highest BCUT2D eigenvalue weighted by Gasteiger charge is 2.28. The van der Waals surface area contributed by atoms with Crippen molar-refractivity contribution in [1.29, 1.82) is 0 Å². The molecule has 20 heavy (non-hydrogen) atoms. The van der Waals surface area contributed by atoms with Crippen LogP contribution in [0.3, 0.4) is 0 Å². The van der Waals surface area contributed by atoms with Crippen LogP contribution in [-0.4, -0.2) is 5.91 Å². The van der Waals surface area contributed by atoms with E-state index in [2.05, 4.69) is 34.2 Å². The number of alkyl halides is 1. The van der Waals surface area contributed by atoms with Crippen molar-refractivity contribution >= 4 is 39.1 Å². The SMILES string of the molecule is CC1CCC(C(Br)c2cc3c(cc2Cl)NC(=O)C3)CC1. The molecule has 1 N–H and O–H groups in total. The Morgan fingerprint density at radius 2 is 2.00 bits per heavy atom. The van der Waals surface area contributed by atoms with Gasteiger partial charge in [0.05, 0.1) is 6.42 Å². The van der Waals surface area contributed by atoms with Crippen LogP contribution in [0.5, 0.6) is 0 Å². The minimum atomic E-state index is 0.0610. The molecule has 0 aromatic heterocycles. The molecule has 0 spiro atoms. The summed E-state index contributed by atoms with van der Waals surface area (Å²) < 4.78 is 0. The Labute approximate surface area is 133 Å². The molecule has 1 aliphatic heterocycles. The predicted molar refractivity (Wildman–Crippen MR) is 86.6 cm³/mol. The van der Waals surface area contributed by atoms with Gasteiger partial charge >= 0.3 is 0 Å². The normalized spacial score (nSPS) is 27.1. The summed E-state index contributed by atoms with van der Waals surface area (Å²) in [4.78, 5) is 11.8. The molecule has 1 atom stereocenters. The molecule has 1 aromatic rings. The predicted octanol–water partition coefficient (Wildman–Crippen LogP) is 5.10. The second kappa shape index (κ2) is 5.69. The molecule has 1 saturated carbocycles. The van der Waals surface area contributed by atoms with Crippen LogP contribution in [0.15, 0.2) is 12.1 Å². The van der Waals surface area contributed by atoms with E-state index in [1.165, 1.54) is 25.7 Å². The van der Waals surface area contributed by atoms with Crippen LogP contribution in [0.1, 0.15) is 48.6 Å². The minimum absolute atomic E-state index is 0.0610. The van der Waals surface area contributed by atoms with E-state index in [0.29, 0.717) is 17.2 Å². The summed E-state index contributed by atoms with van der Waals surface area (Å²) in [5.41, 5.74) is 3.09. The highest BCUT2D eigenvalue weighted by molar-refractivity contribution is 9.09. The molecule has 4 heteroatoms. The molecule has 0 saturated heterocycles. The third kappa shape index (κ3) is 2.75. The zero-order valence-electron chi connectivity index (χ0n) is 11.6. The van der Waals surface area contributed by atoms with E-state index < -0.39 is 0 Å². The van der Waals surface area contributed by atoms with Gasteiger partial charge in [-0.05, 0) is 41.9 Å². The van der Waals surface area contributed by atoms with Crippen molar-refractivity contribution in [1.82, 2.24) is 0 Å². The van der Waals surface area contributed by atoms with Crippen molar-refractivity contribution in [2.75, 3.05) is 5.32 Å². The topological polar surface area (TPSA) is 29.1 Å². The van der Waals surface area contributed by atoms with E-state index in [1.807, 2.05) is 6.07 Å². The summed E-state index contributed by atoms with van der Waals surface area (Å²) in [5, 5.41) is 3.61. The van der Waals surface area contributed by atoms with E-state index in [9.17, 15) is 4.79 Å². The van der Waals surface area contributed by atoms with Crippen molar-refractivity contribution in [3.63, 3.8) is 0 Å². The Balaban J connectivity index is 1.83. The highest BCUT2D eigenvalue weighted by Crippen LogP contribution is 2.45. The van der Waals surface area contributed by atoms with E-state index >= 15 is 0 Å². The van der Waals surface area contributed by atoms with Crippen molar-refractivity contribution in [3.05, 3.63) is 28.3 Å². The van der Waals surface area contributed by atoms with Crippen LogP contribution in [0.4, 0.5) is 5.69 Å². The van der Waals surface area contributed by atoms with Gasteiger partial charge in [-0.3, -0.25) is 4.79 Å². The standard InChI is InChI=1S/C16H19BrClNO/c1-9-2-4-10(5-3-9)16(17)12-6-11-7-15(20)19-14(11)8-13(12)18/h6,8-10,16H,2-5,7H2,1H3,(H,19,20). The number of nitrogens with one attached hydrogen (secondary N) is 1. The smallest absolute Gasteiger partial charge is 0.228 e. The second-order valence-corrected chi connectivity index (χ2v) is 7.57. The number of anilines is 1. The van der Waals surface area contributed by atoms with E-state index in [4.69, 9.17) is 11.6 Å². The first-order valence-corrected chi connectivity index (χ1v) is 8.60. The number of carbonyl (C=O) groups is 1. The fraction of sp³-hybridized carbons (Fsp3) is 0.562. The number of benzene rings is 1. The largest absolute Gasteiger partial charge is 0.325 e. The maximum atomic E-state index is 11.5. The molecule has 0 bridgehead atoms. The first-order valence-electron chi connectivity index (χ1n) is 7.31. The van der Waals surface area contributed by atoms with Gasteiger partial charge in [0.15, 0.2) is 0 Å². The highest BCUT2D eigenvalue weighted by atomic mass is 79.9. The monoisotopic (exact) mass is 355 g/mol. The van der Waals surface area contributed by atoms with Gasteiger partial charge in [0.25, 0.3) is 0 Å². The summed E-state index contributed by atoms with van der Waals surface area (Å²) in [5.74, 6) is 1.56. The average molecular weight is 357 g/mol. The number of hydrogen-bond acceptors (Lipinski definition) is 1. The summed E-state index contributed by atoms with van der Waals surface area (Å²) in [6.45, 7) is 2.33. The third-order valence-corrected chi connectivity index (χ3v) is 6.19. The lowest BCUT2D eigenvalue weighted by molar-refractivity contribution is -0.115. The Morgan fingerprint density at radius 3 is 2.70 bits per heavy atom. The Bertz CT molecular complexity index is 538. The summed E-state index contributed by atoms with van der Waals surface area (Å²) >= 11 is 10.3. The van der Waals surface area contributed by atoms with Crippen molar-refractivity contribution in [3.8, 4) is 0 Å². The molecule has 3 rings (SSSR count). The summed E-state index contributed by atoms with van der Waals surface area (Å²) in [7, 11) is 0. The van der Waals surface area contributed by atoms with Gasteiger partial charge in [0, 0.05) is 15.5 Å². The first kappa shape index (κ1) is 14.4. The fourth-order valence-electron chi connectivity index (χ4n) is 3.31. The van der Waals surface area contributed by atoms with Gasteiger partial charge in [-0.1, -0.05) is 53.4 Å². The fourth-order valence-corrected chi connectivity index (χ4v) is 4.63. The number of rotatable bonds is 2. The van der Waals surface area contributed by atoms with Crippen LogP contribution in [0, 0.1) is 11.8 Å². The molecule has 1 aromatic carbocycles. The van der Waals surface area contributed by atoms with Crippen LogP contribution >= 0.6 is 27.5 Å². The number of hydrogen-bond donors (Lipinski definition) is 1. The van der Waals surface area contributed by atoms with Crippen molar-refractivity contribution < 1.29 is 4.79 Å². The molecule has 1 fully saturated rings.